The van der Waals surface area contributed by atoms with E-state index in [4.69, 9.17) is 4.52 Å². The highest BCUT2D eigenvalue weighted by Gasteiger charge is 2.23. The summed E-state index contributed by atoms with van der Waals surface area (Å²) >= 11 is 0. The highest BCUT2D eigenvalue weighted by Crippen LogP contribution is 2.21. The summed E-state index contributed by atoms with van der Waals surface area (Å²) in [4.78, 5) is 21.2. The Kier molecular flexibility index (Phi) is 5.38. The van der Waals surface area contributed by atoms with Crippen molar-refractivity contribution in [1.29, 1.82) is 0 Å². The Balaban J connectivity index is 1.62. The second kappa shape index (κ2) is 8.43. The molecular formula is C22H17FN4O2. The Morgan fingerprint density at radius 2 is 1.93 bits per heavy atom. The highest BCUT2D eigenvalue weighted by atomic mass is 19.1. The van der Waals surface area contributed by atoms with Crippen LogP contribution in [-0.4, -0.2) is 21.0 Å². The lowest BCUT2D eigenvalue weighted by Gasteiger charge is -2.15. The van der Waals surface area contributed by atoms with Gasteiger partial charge in [-0.3, -0.25) is 9.78 Å². The van der Waals surface area contributed by atoms with E-state index >= 15 is 0 Å². The van der Waals surface area contributed by atoms with Gasteiger partial charge in [0.2, 0.25) is 11.7 Å². The van der Waals surface area contributed by atoms with Crippen molar-refractivity contribution < 1.29 is 13.7 Å². The SMILES string of the molecule is O=C(NC(Cc1ccccc1)c1nc(-c2cccnc2)no1)c1cccc(F)c1. The summed E-state index contributed by atoms with van der Waals surface area (Å²) in [5.74, 6) is -0.260. The molecule has 144 valence electrons. The quantitative estimate of drug-likeness (QED) is 0.540. The van der Waals surface area contributed by atoms with Crippen molar-refractivity contribution in [2.75, 3.05) is 0 Å². The molecule has 0 aliphatic rings. The molecule has 0 spiro atoms. The van der Waals surface area contributed by atoms with Gasteiger partial charge in [-0.25, -0.2) is 4.39 Å². The second-order valence-corrected chi connectivity index (χ2v) is 6.42. The molecule has 0 radical (unpaired) electrons. The molecule has 0 fully saturated rings. The van der Waals surface area contributed by atoms with Crippen LogP contribution in [0.3, 0.4) is 0 Å². The maximum absolute atomic E-state index is 13.5. The summed E-state index contributed by atoms with van der Waals surface area (Å²) in [5.41, 5.74) is 1.91. The molecule has 0 saturated carbocycles. The number of nitrogens with one attached hydrogen (secondary N) is 1. The summed E-state index contributed by atoms with van der Waals surface area (Å²) in [6, 6.07) is 18.2. The predicted octanol–water partition coefficient (Wildman–Crippen LogP) is 3.98. The number of benzene rings is 2. The van der Waals surface area contributed by atoms with Gasteiger partial charge in [-0.1, -0.05) is 41.6 Å². The van der Waals surface area contributed by atoms with E-state index < -0.39 is 17.8 Å². The van der Waals surface area contributed by atoms with Crippen LogP contribution in [0.4, 0.5) is 4.39 Å². The maximum Gasteiger partial charge on any atom is 0.252 e. The largest absolute Gasteiger partial charge is 0.340 e. The van der Waals surface area contributed by atoms with Crippen LogP contribution in [0.1, 0.15) is 27.9 Å². The number of aromatic nitrogens is 3. The van der Waals surface area contributed by atoms with Gasteiger partial charge in [0.15, 0.2) is 0 Å². The fraction of sp³-hybridized carbons (Fsp3) is 0.0909. The fourth-order valence-corrected chi connectivity index (χ4v) is 2.91. The number of rotatable bonds is 6. The van der Waals surface area contributed by atoms with E-state index in [-0.39, 0.29) is 11.5 Å². The molecule has 1 atom stereocenters. The van der Waals surface area contributed by atoms with Crippen molar-refractivity contribution in [1.82, 2.24) is 20.4 Å². The van der Waals surface area contributed by atoms with Gasteiger partial charge in [0.1, 0.15) is 11.9 Å². The zero-order valence-electron chi connectivity index (χ0n) is 15.3. The number of hydrogen-bond donors (Lipinski definition) is 1. The third-order valence-electron chi connectivity index (χ3n) is 4.33. The first-order valence-electron chi connectivity index (χ1n) is 9.03. The molecule has 2 heterocycles. The third-order valence-corrected chi connectivity index (χ3v) is 4.33. The Hall–Kier alpha value is -3.87. The summed E-state index contributed by atoms with van der Waals surface area (Å²) < 4.78 is 18.9. The molecule has 4 aromatic rings. The normalized spacial score (nSPS) is 11.8. The van der Waals surface area contributed by atoms with Gasteiger partial charge < -0.3 is 9.84 Å². The minimum atomic E-state index is -0.578. The topological polar surface area (TPSA) is 80.9 Å². The van der Waals surface area contributed by atoms with E-state index in [0.29, 0.717) is 17.8 Å². The van der Waals surface area contributed by atoms with Gasteiger partial charge in [0.25, 0.3) is 5.91 Å². The van der Waals surface area contributed by atoms with Crippen molar-refractivity contribution in [2.45, 2.75) is 12.5 Å². The van der Waals surface area contributed by atoms with Crippen LogP contribution in [0.15, 0.2) is 83.6 Å². The van der Waals surface area contributed by atoms with E-state index in [0.717, 1.165) is 5.56 Å². The number of halogens is 1. The molecule has 0 aliphatic carbocycles. The van der Waals surface area contributed by atoms with Crippen LogP contribution in [0.25, 0.3) is 11.4 Å². The maximum atomic E-state index is 13.5. The van der Waals surface area contributed by atoms with Gasteiger partial charge in [0.05, 0.1) is 0 Å². The zero-order chi connectivity index (χ0) is 20.1. The number of carbonyl (C=O) groups is 1. The number of nitrogens with zero attached hydrogens (tertiary/aromatic N) is 3. The van der Waals surface area contributed by atoms with Crippen molar-refractivity contribution in [3.8, 4) is 11.4 Å². The van der Waals surface area contributed by atoms with Crippen LogP contribution in [0.2, 0.25) is 0 Å². The second-order valence-electron chi connectivity index (χ2n) is 6.42. The van der Waals surface area contributed by atoms with E-state index in [9.17, 15) is 9.18 Å². The lowest BCUT2D eigenvalue weighted by Crippen LogP contribution is -2.30. The molecule has 1 amide bonds. The van der Waals surface area contributed by atoms with Gasteiger partial charge >= 0.3 is 0 Å². The number of amides is 1. The lowest BCUT2D eigenvalue weighted by molar-refractivity contribution is 0.0927. The standard InChI is InChI=1S/C22H17FN4O2/c23-18-10-4-8-16(13-18)21(28)25-19(12-15-6-2-1-3-7-15)22-26-20(27-29-22)17-9-5-11-24-14-17/h1-11,13-14,19H,12H2,(H,25,28). The molecule has 6 nitrogen and oxygen atoms in total. The van der Waals surface area contributed by atoms with E-state index in [2.05, 4.69) is 20.4 Å². The fourth-order valence-electron chi connectivity index (χ4n) is 2.91. The van der Waals surface area contributed by atoms with Gasteiger partial charge in [0, 0.05) is 29.9 Å². The third kappa shape index (κ3) is 4.52. The van der Waals surface area contributed by atoms with Gasteiger partial charge in [-0.05, 0) is 35.9 Å². The molecule has 0 bridgehead atoms. The first-order chi connectivity index (χ1) is 14.2. The average molecular weight is 388 g/mol. The van der Waals surface area contributed by atoms with Crippen LogP contribution >= 0.6 is 0 Å². The lowest BCUT2D eigenvalue weighted by atomic mass is 10.1. The summed E-state index contributed by atoms with van der Waals surface area (Å²) in [7, 11) is 0. The summed E-state index contributed by atoms with van der Waals surface area (Å²) in [6.45, 7) is 0. The molecule has 4 rings (SSSR count). The molecule has 1 N–H and O–H groups in total. The van der Waals surface area contributed by atoms with Gasteiger partial charge in [-0.2, -0.15) is 4.98 Å². The Morgan fingerprint density at radius 3 is 2.69 bits per heavy atom. The molecular weight excluding hydrogens is 371 g/mol. The Bertz CT molecular complexity index is 1100. The Labute approximate surface area is 166 Å². The van der Waals surface area contributed by atoms with E-state index in [1.165, 1.54) is 18.2 Å². The molecule has 0 saturated heterocycles. The molecule has 7 heteroatoms. The smallest absolute Gasteiger partial charge is 0.252 e. The molecule has 0 aliphatic heterocycles. The van der Waals surface area contributed by atoms with Gasteiger partial charge in [-0.15, -0.1) is 0 Å². The Morgan fingerprint density at radius 1 is 1.07 bits per heavy atom. The number of hydrogen-bond acceptors (Lipinski definition) is 5. The monoisotopic (exact) mass is 388 g/mol. The van der Waals surface area contributed by atoms with Crippen molar-refractivity contribution in [3.05, 3.63) is 102 Å². The number of carbonyl (C=O) groups excluding carboxylic acids is 1. The zero-order valence-corrected chi connectivity index (χ0v) is 15.3. The molecule has 2 aromatic carbocycles. The average Bonchev–Trinajstić information content (AvgIpc) is 3.25. The highest BCUT2D eigenvalue weighted by molar-refractivity contribution is 5.94. The summed E-state index contributed by atoms with van der Waals surface area (Å²) in [5, 5.41) is 6.88. The van der Waals surface area contributed by atoms with Crippen LogP contribution in [-0.2, 0) is 6.42 Å². The van der Waals surface area contributed by atoms with Crippen LogP contribution in [0.5, 0.6) is 0 Å². The first kappa shape index (κ1) is 18.5. The minimum absolute atomic E-state index is 0.218. The molecule has 29 heavy (non-hydrogen) atoms. The van der Waals surface area contributed by atoms with Crippen molar-refractivity contribution >= 4 is 5.91 Å². The molecule has 2 aromatic heterocycles. The van der Waals surface area contributed by atoms with Crippen LogP contribution in [0, 0.1) is 5.82 Å². The van der Waals surface area contributed by atoms with Crippen LogP contribution < -0.4 is 5.32 Å². The van der Waals surface area contributed by atoms with Crippen molar-refractivity contribution in [3.63, 3.8) is 0 Å². The minimum Gasteiger partial charge on any atom is -0.340 e. The van der Waals surface area contributed by atoms with Crippen molar-refractivity contribution in [2.24, 2.45) is 0 Å². The van der Waals surface area contributed by atoms with E-state index in [1.807, 2.05) is 36.4 Å². The molecule has 1 unspecified atom stereocenters. The number of pyridine rings is 1. The van der Waals surface area contributed by atoms with E-state index in [1.54, 1.807) is 24.5 Å². The predicted molar refractivity (Wildman–Crippen MR) is 104 cm³/mol. The summed E-state index contributed by atoms with van der Waals surface area (Å²) in [6.07, 6.45) is 3.73. The first-order valence-corrected chi connectivity index (χ1v) is 9.03.